The van der Waals surface area contributed by atoms with E-state index in [2.05, 4.69) is 0 Å². The summed E-state index contributed by atoms with van der Waals surface area (Å²) in [5, 5.41) is 8.66. The quantitative estimate of drug-likeness (QED) is 0.842. The van der Waals surface area contributed by atoms with Gasteiger partial charge in [-0.15, -0.1) is 0 Å². The molecule has 0 atom stereocenters. The summed E-state index contributed by atoms with van der Waals surface area (Å²) in [7, 11) is 0. The van der Waals surface area contributed by atoms with E-state index in [-0.39, 0.29) is 18.0 Å². The van der Waals surface area contributed by atoms with Gasteiger partial charge in [0.25, 0.3) is 0 Å². The van der Waals surface area contributed by atoms with E-state index in [0.29, 0.717) is 5.56 Å². The van der Waals surface area contributed by atoms with Gasteiger partial charge in [-0.25, -0.2) is 4.39 Å². The van der Waals surface area contributed by atoms with Crippen LogP contribution >= 0.6 is 0 Å². The van der Waals surface area contributed by atoms with Crippen molar-refractivity contribution < 1.29 is 9.13 Å². The van der Waals surface area contributed by atoms with E-state index in [1.165, 1.54) is 12.1 Å². The Morgan fingerprint density at radius 2 is 1.89 bits per heavy atom. The zero-order valence-electron chi connectivity index (χ0n) is 9.56. The van der Waals surface area contributed by atoms with Crippen molar-refractivity contribution in [2.24, 2.45) is 0 Å². The first-order valence-corrected chi connectivity index (χ1v) is 5.36. The van der Waals surface area contributed by atoms with Gasteiger partial charge in [-0.3, -0.25) is 0 Å². The number of nitrogen functional groups attached to an aromatic ring is 1. The SMILES string of the molecule is N#Cc1ccc(COc2c(N)cccc2F)cc1. The Labute approximate surface area is 104 Å². The molecule has 18 heavy (non-hydrogen) atoms. The fraction of sp³-hybridized carbons (Fsp3) is 0.0714. The second-order valence-corrected chi connectivity index (χ2v) is 3.76. The highest BCUT2D eigenvalue weighted by Gasteiger charge is 2.07. The van der Waals surface area contributed by atoms with Crippen molar-refractivity contribution >= 4 is 5.69 Å². The number of nitriles is 1. The summed E-state index contributed by atoms with van der Waals surface area (Å²) >= 11 is 0. The van der Waals surface area contributed by atoms with E-state index in [0.717, 1.165) is 5.56 Å². The van der Waals surface area contributed by atoms with E-state index >= 15 is 0 Å². The van der Waals surface area contributed by atoms with Gasteiger partial charge in [0.05, 0.1) is 17.3 Å². The van der Waals surface area contributed by atoms with Crippen molar-refractivity contribution in [2.75, 3.05) is 5.73 Å². The maximum atomic E-state index is 13.4. The summed E-state index contributed by atoms with van der Waals surface area (Å²) in [4.78, 5) is 0. The van der Waals surface area contributed by atoms with Gasteiger partial charge in [0.1, 0.15) is 6.61 Å². The first-order chi connectivity index (χ1) is 8.70. The third-order valence-electron chi connectivity index (χ3n) is 2.46. The molecule has 0 aliphatic rings. The van der Waals surface area contributed by atoms with Gasteiger partial charge in [0.2, 0.25) is 0 Å². The first-order valence-electron chi connectivity index (χ1n) is 5.36. The molecule has 0 saturated carbocycles. The van der Waals surface area contributed by atoms with Crippen LogP contribution in [-0.2, 0) is 6.61 Å². The molecular formula is C14H11FN2O. The van der Waals surface area contributed by atoms with Crippen LogP contribution < -0.4 is 10.5 Å². The molecular weight excluding hydrogens is 231 g/mol. The molecule has 0 aliphatic heterocycles. The lowest BCUT2D eigenvalue weighted by atomic mass is 10.1. The van der Waals surface area contributed by atoms with E-state index in [1.54, 1.807) is 30.3 Å². The van der Waals surface area contributed by atoms with Crippen molar-refractivity contribution in [3.05, 3.63) is 59.4 Å². The number of rotatable bonds is 3. The lowest BCUT2D eigenvalue weighted by Gasteiger charge is -2.09. The standard InChI is InChI=1S/C14H11FN2O/c15-12-2-1-3-13(17)14(12)18-9-11-6-4-10(8-16)5-7-11/h1-7H,9,17H2. The number of benzene rings is 2. The first kappa shape index (κ1) is 11.9. The molecule has 2 rings (SSSR count). The van der Waals surface area contributed by atoms with Crippen LogP contribution in [0.4, 0.5) is 10.1 Å². The average molecular weight is 242 g/mol. The molecule has 90 valence electrons. The van der Waals surface area contributed by atoms with Crippen molar-refractivity contribution in [2.45, 2.75) is 6.61 Å². The number of nitrogens with two attached hydrogens (primary N) is 1. The van der Waals surface area contributed by atoms with Crippen molar-refractivity contribution in [3.8, 4) is 11.8 Å². The molecule has 0 fully saturated rings. The minimum absolute atomic E-state index is 0.0573. The number of para-hydroxylation sites is 1. The molecule has 2 aromatic rings. The molecule has 0 aromatic heterocycles. The van der Waals surface area contributed by atoms with Crippen LogP contribution in [0.25, 0.3) is 0 Å². The lowest BCUT2D eigenvalue weighted by molar-refractivity contribution is 0.292. The summed E-state index contributed by atoms with van der Waals surface area (Å²) in [6.45, 7) is 0.205. The molecule has 3 nitrogen and oxygen atoms in total. The number of halogens is 1. The Morgan fingerprint density at radius 1 is 1.17 bits per heavy atom. The summed E-state index contributed by atoms with van der Waals surface area (Å²) in [5.74, 6) is -0.425. The molecule has 4 heteroatoms. The molecule has 0 heterocycles. The summed E-state index contributed by atoms with van der Waals surface area (Å²) in [6, 6.07) is 13.3. The smallest absolute Gasteiger partial charge is 0.178 e. The van der Waals surface area contributed by atoms with Crippen molar-refractivity contribution in [3.63, 3.8) is 0 Å². The van der Waals surface area contributed by atoms with Crippen LogP contribution in [0.2, 0.25) is 0 Å². The van der Waals surface area contributed by atoms with E-state index < -0.39 is 5.82 Å². The monoisotopic (exact) mass is 242 g/mol. The minimum Gasteiger partial charge on any atom is -0.484 e. The molecule has 0 radical (unpaired) electrons. The molecule has 2 aromatic carbocycles. The number of hydrogen-bond donors (Lipinski definition) is 1. The third kappa shape index (κ3) is 2.58. The van der Waals surface area contributed by atoms with Gasteiger partial charge >= 0.3 is 0 Å². The fourth-order valence-corrected chi connectivity index (χ4v) is 1.51. The fourth-order valence-electron chi connectivity index (χ4n) is 1.51. The van der Waals surface area contributed by atoms with E-state index in [1.807, 2.05) is 6.07 Å². The predicted octanol–water partition coefficient (Wildman–Crippen LogP) is 2.86. The molecule has 0 unspecified atom stereocenters. The Balaban J connectivity index is 2.09. The summed E-state index contributed by atoms with van der Waals surface area (Å²) in [6.07, 6.45) is 0. The largest absolute Gasteiger partial charge is 0.484 e. The number of hydrogen-bond acceptors (Lipinski definition) is 3. The zero-order chi connectivity index (χ0) is 13.0. The van der Waals surface area contributed by atoms with Crippen LogP contribution in [0.15, 0.2) is 42.5 Å². The number of nitrogens with zero attached hydrogens (tertiary/aromatic N) is 1. The second-order valence-electron chi connectivity index (χ2n) is 3.76. The maximum absolute atomic E-state index is 13.4. The Kier molecular flexibility index (Phi) is 3.44. The number of anilines is 1. The van der Waals surface area contributed by atoms with Crippen LogP contribution in [0.3, 0.4) is 0 Å². The van der Waals surface area contributed by atoms with Crippen LogP contribution in [0.1, 0.15) is 11.1 Å². The predicted molar refractivity (Wildman–Crippen MR) is 66.3 cm³/mol. The van der Waals surface area contributed by atoms with E-state index in [4.69, 9.17) is 15.7 Å². The molecule has 2 N–H and O–H groups in total. The highest BCUT2D eigenvalue weighted by Crippen LogP contribution is 2.25. The lowest BCUT2D eigenvalue weighted by Crippen LogP contribution is -2.00. The second kappa shape index (κ2) is 5.19. The zero-order valence-corrected chi connectivity index (χ0v) is 9.56. The van der Waals surface area contributed by atoms with Gasteiger partial charge in [-0.2, -0.15) is 5.26 Å². The molecule has 0 amide bonds. The van der Waals surface area contributed by atoms with Crippen LogP contribution in [0.5, 0.6) is 5.75 Å². The van der Waals surface area contributed by atoms with E-state index in [9.17, 15) is 4.39 Å². The molecule has 0 bridgehead atoms. The Morgan fingerprint density at radius 3 is 2.50 bits per heavy atom. The molecule has 0 aliphatic carbocycles. The van der Waals surface area contributed by atoms with Gasteiger partial charge < -0.3 is 10.5 Å². The highest BCUT2D eigenvalue weighted by molar-refractivity contribution is 5.52. The van der Waals surface area contributed by atoms with Crippen LogP contribution in [0, 0.1) is 17.1 Å². The van der Waals surface area contributed by atoms with Crippen LogP contribution in [-0.4, -0.2) is 0 Å². The van der Waals surface area contributed by atoms with Gasteiger partial charge in [0, 0.05) is 0 Å². The van der Waals surface area contributed by atoms with Crippen molar-refractivity contribution in [1.29, 1.82) is 5.26 Å². The normalized spacial score (nSPS) is 9.78. The summed E-state index contributed by atoms with van der Waals surface area (Å²) in [5.41, 5.74) is 7.31. The number of ether oxygens (including phenoxy) is 1. The van der Waals surface area contributed by atoms with Crippen molar-refractivity contribution in [1.82, 2.24) is 0 Å². The van der Waals surface area contributed by atoms with Gasteiger partial charge in [-0.1, -0.05) is 18.2 Å². The van der Waals surface area contributed by atoms with Gasteiger partial charge in [-0.05, 0) is 29.8 Å². The summed E-state index contributed by atoms with van der Waals surface area (Å²) < 4.78 is 18.8. The minimum atomic E-state index is -0.483. The average Bonchev–Trinajstić information content (AvgIpc) is 2.39. The Bertz CT molecular complexity index is 567. The Hall–Kier alpha value is -2.54. The molecule has 0 saturated heterocycles. The molecule has 0 spiro atoms. The third-order valence-corrected chi connectivity index (χ3v) is 2.46. The maximum Gasteiger partial charge on any atom is 0.178 e. The topological polar surface area (TPSA) is 59.0 Å². The highest BCUT2D eigenvalue weighted by atomic mass is 19.1. The van der Waals surface area contributed by atoms with Gasteiger partial charge in [0.15, 0.2) is 11.6 Å².